The molecule has 0 aliphatic carbocycles. The summed E-state index contributed by atoms with van der Waals surface area (Å²) in [6.07, 6.45) is 0.931. The summed E-state index contributed by atoms with van der Waals surface area (Å²) in [5, 5.41) is 9.64. The monoisotopic (exact) mass is 288 g/mol. The lowest BCUT2D eigenvalue weighted by molar-refractivity contribution is 0.137. The maximum Gasteiger partial charge on any atom is 0.0719 e. The predicted octanol–water partition coefficient (Wildman–Crippen LogP) is 2.43. The molecule has 0 saturated heterocycles. The van der Waals surface area contributed by atoms with Crippen LogP contribution in [0.5, 0.6) is 0 Å². The number of fused-ring (bicyclic) bond motifs is 1. The van der Waals surface area contributed by atoms with Gasteiger partial charge in [0.25, 0.3) is 0 Å². The van der Waals surface area contributed by atoms with Crippen LogP contribution in [0.4, 0.5) is 0 Å². The van der Waals surface area contributed by atoms with Gasteiger partial charge in [-0.25, -0.2) is 0 Å². The largest absolute Gasteiger partial charge is 0.312 e. The van der Waals surface area contributed by atoms with Crippen molar-refractivity contribution < 1.29 is 0 Å². The lowest BCUT2D eigenvalue weighted by atomic mass is 9.89. The summed E-state index contributed by atoms with van der Waals surface area (Å²) in [7, 11) is 6.30. The third-order valence-corrected chi connectivity index (χ3v) is 4.69. The van der Waals surface area contributed by atoms with Gasteiger partial charge in [-0.15, -0.1) is 0 Å². The Bertz CT molecular complexity index is 598. The molecule has 4 nitrogen and oxygen atoms in total. The Kier molecular flexibility index (Phi) is 4.69. The first-order valence-electron chi connectivity index (χ1n) is 7.69. The van der Waals surface area contributed by atoms with Gasteiger partial charge in [-0.3, -0.25) is 4.68 Å². The van der Waals surface area contributed by atoms with E-state index in [1.807, 2.05) is 11.7 Å². The second-order valence-electron chi connectivity index (χ2n) is 6.45. The highest BCUT2D eigenvalue weighted by atomic mass is 15.3. The highest BCUT2D eigenvalue weighted by Crippen LogP contribution is 2.23. The van der Waals surface area contributed by atoms with E-state index in [1.165, 1.54) is 16.6 Å². The number of nitrogens with zero attached hydrogens (tertiary/aromatic N) is 3. The molecule has 1 aromatic heterocycles. The Balaban J connectivity index is 2.35. The summed E-state index contributed by atoms with van der Waals surface area (Å²) in [6, 6.07) is 8.82. The Morgan fingerprint density at radius 1 is 1.29 bits per heavy atom. The topological polar surface area (TPSA) is 33.1 Å². The molecule has 0 aliphatic heterocycles. The first-order valence-corrected chi connectivity index (χ1v) is 7.69. The van der Waals surface area contributed by atoms with Crippen molar-refractivity contribution >= 4 is 10.9 Å². The molecule has 4 heteroatoms. The van der Waals surface area contributed by atoms with Crippen molar-refractivity contribution in [3.05, 3.63) is 30.0 Å². The van der Waals surface area contributed by atoms with Crippen molar-refractivity contribution in [2.75, 3.05) is 20.6 Å². The van der Waals surface area contributed by atoms with Crippen molar-refractivity contribution in [1.29, 1.82) is 0 Å². The van der Waals surface area contributed by atoms with Gasteiger partial charge in [-0.2, -0.15) is 5.10 Å². The molecule has 0 radical (unpaired) electrons. The number of likely N-dealkylation sites (N-methyl/N-ethyl adjacent to an activating group) is 2. The first kappa shape index (κ1) is 16.0. The number of aryl methyl sites for hydroxylation is 1. The van der Waals surface area contributed by atoms with Crippen molar-refractivity contribution in [3.8, 4) is 0 Å². The third kappa shape index (κ3) is 3.11. The minimum atomic E-state index is 0.0641. The van der Waals surface area contributed by atoms with Gasteiger partial charge in [0.15, 0.2) is 0 Å². The number of rotatable bonds is 6. The molecule has 1 unspecified atom stereocenters. The number of para-hydroxylation sites is 1. The fourth-order valence-corrected chi connectivity index (χ4v) is 2.76. The van der Waals surface area contributed by atoms with Crippen LogP contribution in [0, 0.1) is 0 Å². The second-order valence-corrected chi connectivity index (χ2v) is 6.45. The summed E-state index contributed by atoms with van der Waals surface area (Å²) in [5.74, 6) is 0. The number of hydrogen-bond acceptors (Lipinski definition) is 3. The molecule has 1 heterocycles. The van der Waals surface area contributed by atoms with Gasteiger partial charge in [0.05, 0.1) is 11.2 Å². The van der Waals surface area contributed by atoms with E-state index in [1.54, 1.807) is 0 Å². The summed E-state index contributed by atoms with van der Waals surface area (Å²) in [6.45, 7) is 7.69. The molecule has 0 aliphatic rings. The Hall–Kier alpha value is -1.39. The zero-order valence-electron chi connectivity index (χ0n) is 14.1. The normalized spacial score (nSPS) is 14.0. The fraction of sp³-hybridized carbons (Fsp3) is 0.588. The van der Waals surface area contributed by atoms with Gasteiger partial charge < -0.3 is 10.2 Å². The lowest BCUT2D eigenvalue weighted by Crippen LogP contribution is -2.56. The molecule has 0 bridgehead atoms. The van der Waals surface area contributed by atoms with E-state index in [-0.39, 0.29) is 5.54 Å². The van der Waals surface area contributed by atoms with E-state index in [0.717, 1.165) is 13.0 Å². The van der Waals surface area contributed by atoms with E-state index in [9.17, 15) is 0 Å². The van der Waals surface area contributed by atoms with E-state index in [4.69, 9.17) is 5.10 Å². The van der Waals surface area contributed by atoms with E-state index in [0.29, 0.717) is 6.04 Å². The Labute approximate surface area is 128 Å². The van der Waals surface area contributed by atoms with Crippen LogP contribution >= 0.6 is 0 Å². The van der Waals surface area contributed by atoms with Gasteiger partial charge in [-0.05, 0) is 40.6 Å². The predicted molar refractivity (Wildman–Crippen MR) is 89.6 cm³/mol. The molecule has 1 atom stereocenters. The van der Waals surface area contributed by atoms with Crippen molar-refractivity contribution in [1.82, 2.24) is 20.0 Å². The molecule has 21 heavy (non-hydrogen) atoms. The maximum atomic E-state index is 4.74. The van der Waals surface area contributed by atoms with Gasteiger partial charge in [0.2, 0.25) is 0 Å². The minimum Gasteiger partial charge on any atom is -0.312 e. The van der Waals surface area contributed by atoms with Crippen molar-refractivity contribution in [2.45, 2.75) is 38.8 Å². The minimum absolute atomic E-state index is 0.0641. The van der Waals surface area contributed by atoms with E-state index < -0.39 is 0 Å². The van der Waals surface area contributed by atoms with Crippen LogP contribution in [0.25, 0.3) is 10.9 Å². The SMILES string of the molecule is CCNC(Cc1nn(C)c2ccccc12)C(C)(C)N(C)C. The van der Waals surface area contributed by atoms with Gasteiger partial charge in [0, 0.05) is 30.4 Å². The van der Waals surface area contributed by atoms with Gasteiger partial charge in [-0.1, -0.05) is 25.1 Å². The number of benzene rings is 1. The number of hydrogen-bond donors (Lipinski definition) is 1. The molecule has 2 aromatic rings. The summed E-state index contributed by atoms with van der Waals surface area (Å²) < 4.78 is 1.98. The molecule has 0 amide bonds. The van der Waals surface area contributed by atoms with Gasteiger partial charge in [0.1, 0.15) is 0 Å². The zero-order valence-corrected chi connectivity index (χ0v) is 14.1. The quantitative estimate of drug-likeness (QED) is 0.886. The first-order chi connectivity index (χ1) is 9.87. The second kappa shape index (κ2) is 6.16. The molecular weight excluding hydrogens is 260 g/mol. The maximum absolute atomic E-state index is 4.74. The highest BCUT2D eigenvalue weighted by molar-refractivity contribution is 5.81. The molecular formula is C17H28N4. The van der Waals surface area contributed by atoms with Crippen LogP contribution in [0.1, 0.15) is 26.5 Å². The van der Waals surface area contributed by atoms with Crippen LogP contribution < -0.4 is 5.32 Å². The molecule has 1 aromatic carbocycles. The van der Waals surface area contributed by atoms with Crippen LogP contribution in [0.3, 0.4) is 0 Å². The van der Waals surface area contributed by atoms with Crippen LogP contribution in [0.15, 0.2) is 24.3 Å². The Morgan fingerprint density at radius 2 is 1.95 bits per heavy atom. The number of aromatic nitrogens is 2. The fourth-order valence-electron chi connectivity index (χ4n) is 2.76. The van der Waals surface area contributed by atoms with E-state index in [2.05, 4.69) is 69.3 Å². The van der Waals surface area contributed by atoms with Crippen LogP contribution in [-0.4, -0.2) is 46.9 Å². The van der Waals surface area contributed by atoms with E-state index >= 15 is 0 Å². The molecule has 2 rings (SSSR count). The standard InChI is InChI=1S/C17H28N4/c1-7-18-16(17(2,3)20(4)5)12-14-13-10-8-9-11-15(13)21(6)19-14/h8-11,16,18H,7,12H2,1-6H3. The molecule has 0 fully saturated rings. The van der Waals surface area contributed by atoms with Crippen molar-refractivity contribution in [2.24, 2.45) is 7.05 Å². The summed E-state index contributed by atoms with van der Waals surface area (Å²) >= 11 is 0. The smallest absolute Gasteiger partial charge is 0.0719 e. The zero-order chi connectivity index (χ0) is 15.6. The van der Waals surface area contributed by atoms with Crippen molar-refractivity contribution in [3.63, 3.8) is 0 Å². The molecule has 0 spiro atoms. The Morgan fingerprint density at radius 3 is 2.57 bits per heavy atom. The summed E-state index contributed by atoms with van der Waals surface area (Å²) in [4.78, 5) is 2.28. The van der Waals surface area contributed by atoms with Gasteiger partial charge >= 0.3 is 0 Å². The molecule has 1 N–H and O–H groups in total. The average Bonchev–Trinajstić information content (AvgIpc) is 2.75. The average molecular weight is 288 g/mol. The number of nitrogens with one attached hydrogen (secondary N) is 1. The third-order valence-electron chi connectivity index (χ3n) is 4.69. The molecule has 116 valence electrons. The summed E-state index contributed by atoms with van der Waals surface area (Å²) in [5.41, 5.74) is 2.44. The van der Waals surface area contributed by atoms with Crippen LogP contribution in [0.2, 0.25) is 0 Å². The van der Waals surface area contributed by atoms with Crippen LogP contribution in [-0.2, 0) is 13.5 Å². The highest BCUT2D eigenvalue weighted by Gasteiger charge is 2.32. The molecule has 0 saturated carbocycles. The lowest BCUT2D eigenvalue weighted by Gasteiger charge is -2.40.